The monoisotopic (exact) mass is 241 g/mol. The molecule has 4 heteroatoms. The van der Waals surface area contributed by atoms with Crippen LogP contribution in [0.15, 0.2) is 0 Å². The van der Waals surface area contributed by atoms with Gasteiger partial charge in [-0.25, -0.2) is 0 Å². The molecule has 0 spiro atoms. The van der Waals surface area contributed by atoms with Gasteiger partial charge in [-0.05, 0) is 20.8 Å². The van der Waals surface area contributed by atoms with E-state index in [1.165, 1.54) is 19.6 Å². The third-order valence-electron chi connectivity index (χ3n) is 3.97. The maximum absolute atomic E-state index is 5.59. The van der Waals surface area contributed by atoms with Crippen molar-refractivity contribution in [1.29, 1.82) is 0 Å². The van der Waals surface area contributed by atoms with Crippen molar-refractivity contribution in [1.82, 2.24) is 15.1 Å². The van der Waals surface area contributed by atoms with Crippen LogP contribution < -0.4 is 5.32 Å². The van der Waals surface area contributed by atoms with Gasteiger partial charge in [-0.1, -0.05) is 0 Å². The van der Waals surface area contributed by atoms with Crippen molar-refractivity contribution in [3.05, 3.63) is 0 Å². The molecule has 2 rings (SSSR count). The lowest BCUT2D eigenvalue weighted by atomic mass is 10.00. The molecule has 2 heterocycles. The summed E-state index contributed by atoms with van der Waals surface area (Å²) >= 11 is 0. The molecule has 1 atom stereocenters. The number of hydrogen-bond acceptors (Lipinski definition) is 4. The highest BCUT2D eigenvalue weighted by atomic mass is 16.5. The van der Waals surface area contributed by atoms with Gasteiger partial charge < -0.3 is 10.1 Å². The van der Waals surface area contributed by atoms with Crippen molar-refractivity contribution >= 4 is 0 Å². The van der Waals surface area contributed by atoms with Gasteiger partial charge in [-0.3, -0.25) is 9.80 Å². The zero-order valence-electron chi connectivity index (χ0n) is 11.5. The van der Waals surface area contributed by atoms with Crippen LogP contribution in [0.4, 0.5) is 0 Å². The van der Waals surface area contributed by atoms with E-state index in [1.54, 1.807) is 0 Å². The molecule has 0 amide bonds. The predicted molar refractivity (Wildman–Crippen MR) is 70.4 cm³/mol. The number of nitrogens with zero attached hydrogens (tertiary/aromatic N) is 2. The van der Waals surface area contributed by atoms with E-state index in [9.17, 15) is 0 Å². The van der Waals surface area contributed by atoms with E-state index in [0.717, 1.165) is 32.8 Å². The Hall–Kier alpha value is -0.160. The first-order valence-electron chi connectivity index (χ1n) is 6.87. The summed E-state index contributed by atoms with van der Waals surface area (Å²) in [5.41, 5.74) is 0.186. The number of ether oxygens (including phenoxy) is 1. The Morgan fingerprint density at radius 2 is 1.94 bits per heavy atom. The smallest absolute Gasteiger partial charge is 0.0645 e. The molecule has 17 heavy (non-hydrogen) atoms. The van der Waals surface area contributed by atoms with Gasteiger partial charge >= 0.3 is 0 Å². The lowest BCUT2D eigenvalue weighted by Crippen LogP contribution is -2.59. The molecule has 1 unspecified atom stereocenters. The van der Waals surface area contributed by atoms with Crippen molar-refractivity contribution in [3.8, 4) is 0 Å². The first-order valence-corrected chi connectivity index (χ1v) is 6.87. The Morgan fingerprint density at radius 3 is 2.59 bits per heavy atom. The molecule has 4 nitrogen and oxygen atoms in total. The van der Waals surface area contributed by atoms with Crippen LogP contribution in [0.25, 0.3) is 0 Å². The van der Waals surface area contributed by atoms with Crippen LogP contribution in [-0.2, 0) is 4.74 Å². The Labute approximate surface area is 105 Å². The van der Waals surface area contributed by atoms with E-state index in [1.807, 2.05) is 0 Å². The average molecular weight is 241 g/mol. The van der Waals surface area contributed by atoms with Gasteiger partial charge in [0.1, 0.15) is 0 Å². The van der Waals surface area contributed by atoms with E-state index >= 15 is 0 Å². The van der Waals surface area contributed by atoms with Gasteiger partial charge in [0.2, 0.25) is 0 Å². The predicted octanol–water partition coefficient (Wildman–Crippen LogP) is 0.391. The molecule has 0 aromatic heterocycles. The number of nitrogens with one attached hydrogen (secondary N) is 1. The van der Waals surface area contributed by atoms with Crippen LogP contribution in [0.3, 0.4) is 0 Å². The summed E-state index contributed by atoms with van der Waals surface area (Å²) in [6, 6.07) is 0.618. The first kappa shape index (κ1) is 13.3. The lowest BCUT2D eigenvalue weighted by Gasteiger charge is -2.47. The molecule has 2 fully saturated rings. The van der Waals surface area contributed by atoms with Crippen molar-refractivity contribution in [2.24, 2.45) is 0 Å². The van der Waals surface area contributed by atoms with Gasteiger partial charge in [0.05, 0.1) is 13.2 Å². The SMILES string of the molecule is CC(CN1CCNCC1)N1CCOCC1(C)C. The van der Waals surface area contributed by atoms with Crippen molar-refractivity contribution in [2.45, 2.75) is 32.4 Å². The van der Waals surface area contributed by atoms with E-state index in [0.29, 0.717) is 6.04 Å². The first-order chi connectivity index (χ1) is 8.09. The fourth-order valence-corrected chi connectivity index (χ4v) is 3.05. The van der Waals surface area contributed by atoms with E-state index in [-0.39, 0.29) is 5.54 Å². The maximum atomic E-state index is 5.59. The lowest BCUT2D eigenvalue weighted by molar-refractivity contribution is -0.0736. The van der Waals surface area contributed by atoms with Gasteiger partial charge in [0.25, 0.3) is 0 Å². The highest BCUT2D eigenvalue weighted by molar-refractivity contribution is 4.89. The number of hydrogen-bond donors (Lipinski definition) is 1. The molecule has 0 aromatic rings. The minimum atomic E-state index is 0.186. The summed E-state index contributed by atoms with van der Waals surface area (Å²) in [7, 11) is 0. The summed E-state index contributed by atoms with van der Waals surface area (Å²) in [4.78, 5) is 5.19. The van der Waals surface area contributed by atoms with Gasteiger partial charge in [0, 0.05) is 50.8 Å². The zero-order chi connectivity index (χ0) is 12.3. The average Bonchev–Trinajstić information content (AvgIpc) is 2.29. The second-order valence-corrected chi connectivity index (χ2v) is 5.96. The van der Waals surface area contributed by atoms with Crippen LogP contribution in [0.2, 0.25) is 0 Å². The topological polar surface area (TPSA) is 27.7 Å². The van der Waals surface area contributed by atoms with Crippen LogP contribution in [0.5, 0.6) is 0 Å². The molecule has 100 valence electrons. The zero-order valence-corrected chi connectivity index (χ0v) is 11.5. The van der Waals surface area contributed by atoms with Crippen molar-refractivity contribution in [3.63, 3.8) is 0 Å². The standard InChI is InChI=1S/C13H27N3O/c1-12(10-15-6-4-14-5-7-15)16-8-9-17-11-13(16,2)3/h12,14H,4-11H2,1-3H3. The summed E-state index contributed by atoms with van der Waals surface area (Å²) < 4.78 is 5.59. The molecule has 2 saturated heterocycles. The molecule has 0 bridgehead atoms. The number of piperazine rings is 1. The van der Waals surface area contributed by atoms with Crippen LogP contribution in [0.1, 0.15) is 20.8 Å². The normalized spacial score (nSPS) is 29.1. The summed E-state index contributed by atoms with van der Waals surface area (Å²) in [6.45, 7) is 15.6. The van der Waals surface area contributed by atoms with Crippen molar-refractivity contribution in [2.75, 3.05) is 52.5 Å². The fraction of sp³-hybridized carbons (Fsp3) is 1.00. The van der Waals surface area contributed by atoms with Gasteiger partial charge in [0.15, 0.2) is 0 Å². The fourth-order valence-electron chi connectivity index (χ4n) is 3.05. The number of morpholine rings is 1. The highest BCUT2D eigenvalue weighted by Crippen LogP contribution is 2.22. The van der Waals surface area contributed by atoms with Gasteiger partial charge in [-0.2, -0.15) is 0 Å². The van der Waals surface area contributed by atoms with Crippen LogP contribution in [0, 0.1) is 0 Å². The summed E-state index contributed by atoms with van der Waals surface area (Å²) in [5.74, 6) is 0. The van der Waals surface area contributed by atoms with Crippen LogP contribution in [-0.4, -0.2) is 73.9 Å². The Morgan fingerprint density at radius 1 is 1.24 bits per heavy atom. The van der Waals surface area contributed by atoms with Crippen LogP contribution >= 0.6 is 0 Å². The van der Waals surface area contributed by atoms with E-state index in [4.69, 9.17) is 4.74 Å². The second kappa shape index (κ2) is 5.65. The van der Waals surface area contributed by atoms with Crippen molar-refractivity contribution < 1.29 is 4.74 Å². The molecule has 0 radical (unpaired) electrons. The Balaban J connectivity index is 1.87. The molecule has 0 saturated carbocycles. The second-order valence-electron chi connectivity index (χ2n) is 5.96. The number of rotatable bonds is 3. The molecule has 2 aliphatic heterocycles. The molecular weight excluding hydrogens is 214 g/mol. The summed E-state index contributed by atoms with van der Waals surface area (Å²) in [6.07, 6.45) is 0. The quantitative estimate of drug-likeness (QED) is 0.774. The molecule has 0 aliphatic carbocycles. The Kier molecular flexibility index (Phi) is 4.42. The minimum absolute atomic E-state index is 0.186. The maximum Gasteiger partial charge on any atom is 0.0645 e. The Bertz CT molecular complexity index is 239. The minimum Gasteiger partial charge on any atom is -0.378 e. The summed E-state index contributed by atoms with van der Waals surface area (Å²) in [5, 5.41) is 3.41. The highest BCUT2D eigenvalue weighted by Gasteiger charge is 2.34. The third kappa shape index (κ3) is 3.41. The molecule has 0 aromatic carbocycles. The largest absolute Gasteiger partial charge is 0.378 e. The van der Waals surface area contributed by atoms with E-state index in [2.05, 4.69) is 35.9 Å². The van der Waals surface area contributed by atoms with Gasteiger partial charge in [-0.15, -0.1) is 0 Å². The molecule has 2 aliphatic rings. The third-order valence-corrected chi connectivity index (χ3v) is 3.97. The van der Waals surface area contributed by atoms with E-state index < -0.39 is 0 Å². The molecule has 1 N–H and O–H groups in total. The molecular formula is C13H27N3O.